The van der Waals surface area contributed by atoms with Crippen LogP contribution in [0, 0.1) is 0 Å². The van der Waals surface area contributed by atoms with Crippen LogP contribution < -0.4 is 5.32 Å². The van der Waals surface area contributed by atoms with Crippen molar-refractivity contribution in [3.8, 4) is 0 Å². The van der Waals surface area contributed by atoms with Gasteiger partial charge >= 0.3 is 0 Å². The normalized spacial score (nSPS) is 16.3. The molecule has 0 radical (unpaired) electrons. The van der Waals surface area contributed by atoms with Crippen molar-refractivity contribution in [3.05, 3.63) is 17.7 Å². The van der Waals surface area contributed by atoms with E-state index in [1.165, 1.54) is 0 Å². The van der Waals surface area contributed by atoms with Gasteiger partial charge in [0.1, 0.15) is 18.1 Å². The smallest absolute Gasteiger partial charge is 0.269 e. The van der Waals surface area contributed by atoms with E-state index < -0.39 is 0 Å². The van der Waals surface area contributed by atoms with Crippen LogP contribution in [0.15, 0.2) is 6.20 Å². The number of aromatic nitrogens is 2. The molecule has 1 aromatic rings. The number of hydrogen-bond acceptors (Lipinski definition) is 6. The molecule has 1 saturated heterocycles. The number of hydrogen-bond donors (Lipinski definition) is 2. The fourth-order valence-corrected chi connectivity index (χ4v) is 2.91. The van der Waals surface area contributed by atoms with Crippen LogP contribution in [0.1, 0.15) is 43.0 Å². The summed E-state index contributed by atoms with van der Waals surface area (Å²) in [6.45, 7) is 8.90. The van der Waals surface area contributed by atoms with Crippen LogP contribution in [0.25, 0.3) is 0 Å². The number of rotatable bonds is 11. The van der Waals surface area contributed by atoms with E-state index in [1.807, 2.05) is 0 Å². The highest BCUT2D eigenvalue weighted by Crippen LogP contribution is 2.13. The number of piperidine rings is 1. The molecule has 8 nitrogen and oxygen atoms in total. The van der Waals surface area contributed by atoms with Crippen molar-refractivity contribution in [2.24, 2.45) is 0 Å². The van der Waals surface area contributed by atoms with Crippen LogP contribution in [0.5, 0.6) is 0 Å². The minimum absolute atomic E-state index is 0.102. The number of imidazole rings is 1. The van der Waals surface area contributed by atoms with Gasteiger partial charge in [-0.3, -0.25) is 4.79 Å². The van der Waals surface area contributed by atoms with Crippen LogP contribution >= 0.6 is 0 Å². The lowest BCUT2D eigenvalue weighted by atomic mass is 10.0. The quantitative estimate of drug-likeness (QED) is 0.571. The highest BCUT2D eigenvalue weighted by atomic mass is 16.5. The lowest BCUT2D eigenvalue weighted by molar-refractivity contribution is 0.0186. The van der Waals surface area contributed by atoms with Crippen molar-refractivity contribution in [1.29, 1.82) is 0 Å². The Bertz CT molecular complexity index is 527. The second-order valence-corrected chi connectivity index (χ2v) is 6.78. The Kier molecular flexibility index (Phi) is 9.04. The summed E-state index contributed by atoms with van der Waals surface area (Å²) in [5, 5.41) is 3.09. The molecule has 8 heteroatoms. The van der Waals surface area contributed by atoms with Crippen molar-refractivity contribution in [2.45, 2.75) is 45.4 Å². The topological polar surface area (TPSA) is 88.7 Å². The number of nitrogens with one attached hydrogen (secondary N) is 2. The zero-order valence-corrected chi connectivity index (χ0v) is 16.1. The third kappa shape index (κ3) is 7.03. The van der Waals surface area contributed by atoms with Gasteiger partial charge in [0, 0.05) is 32.3 Å². The van der Waals surface area contributed by atoms with E-state index in [2.05, 4.69) is 34.0 Å². The Morgan fingerprint density at radius 3 is 2.65 bits per heavy atom. The molecule has 0 unspecified atom stereocenters. The number of carbonyl (C=O) groups is 1. The maximum atomic E-state index is 12.3. The average Bonchev–Trinajstić information content (AvgIpc) is 3.10. The Hall–Kier alpha value is -1.48. The van der Waals surface area contributed by atoms with E-state index in [0.717, 1.165) is 25.9 Å². The predicted molar refractivity (Wildman–Crippen MR) is 98.1 cm³/mol. The third-order valence-corrected chi connectivity index (χ3v) is 4.51. The lowest BCUT2D eigenvalue weighted by Gasteiger charge is -2.34. The van der Waals surface area contributed by atoms with Crippen molar-refractivity contribution in [1.82, 2.24) is 20.2 Å². The third-order valence-electron chi connectivity index (χ3n) is 4.51. The van der Waals surface area contributed by atoms with Gasteiger partial charge < -0.3 is 29.4 Å². The molecule has 2 heterocycles. The lowest BCUT2D eigenvalue weighted by Crippen LogP contribution is -2.46. The Morgan fingerprint density at radius 1 is 1.27 bits per heavy atom. The molecule has 1 amide bonds. The molecule has 0 aliphatic carbocycles. The number of H-pyrrole nitrogens is 1. The standard InChI is InChI=1S/C18H32N4O4/c1-14(2)22-6-4-15(5-7-22)20-18(23)16-12-19-17(21-16)13-26-11-10-25-9-8-24-3/h12,14-15H,4-11,13H2,1-3H3,(H,19,21)(H,20,23). The minimum atomic E-state index is -0.102. The summed E-state index contributed by atoms with van der Waals surface area (Å²) in [5.41, 5.74) is 0.478. The summed E-state index contributed by atoms with van der Waals surface area (Å²) in [6.07, 6.45) is 3.53. The highest BCUT2D eigenvalue weighted by Gasteiger charge is 2.23. The molecule has 0 spiro atoms. The van der Waals surface area contributed by atoms with Gasteiger partial charge in [0.25, 0.3) is 5.91 Å². The number of nitrogens with zero attached hydrogens (tertiary/aromatic N) is 2. The van der Waals surface area contributed by atoms with E-state index in [4.69, 9.17) is 14.2 Å². The van der Waals surface area contributed by atoms with Crippen LogP contribution in [0.2, 0.25) is 0 Å². The average molecular weight is 368 g/mol. The molecule has 0 aromatic carbocycles. The minimum Gasteiger partial charge on any atom is -0.382 e. The number of aromatic amines is 1. The first-order chi connectivity index (χ1) is 12.6. The van der Waals surface area contributed by atoms with Gasteiger partial charge in [-0.1, -0.05) is 0 Å². The van der Waals surface area contributed by atoms with E-state index in [-0.39, 0.29) is 11.9 Å². The summed E-state index contributed by atoms with van der Waals surface area (Å²) in [4.78, 5) is 22.0. The zero-order chi connectivity index (χ0) is 18.8. The number of methoxy groups -OCH3 is 1. The van der Waals surface area contributed by atoms with E-state index >= 15 is 0 Å². The molecule has 148 valence electrons. The summed E-state index contributed by atoms with van der Waals surface area (Å²) in [6, 6.07) is 0.789. The molecule has 2 N–H and O–H groups in total. The van der Waals surface area contributed by atoms with Crippen LogP contribution in [-0.2, 0) is 20.8 Å². The first-order valence-electron chi connectivity index (χ1n) is 9.33. The number of carbonyl (C=O) groups excluding carboxylic acids is 1. The molecule has 0 bridgehead atoms. The maximum absolute atomic E-state index is 12.3. The first kappa shape index (κ1) is 20.8. The van der Waals surface area contributed by atoms with Gasteiger partial charge in [-0.2, -0.15) is 0 Å². The zero-order valence-electron chi connectivity index (χ0n) is 16.1. The van der Waals surface area contributed by atoms with Crippen molar-refractivity contribution in [2.75, 3.05) is 46.6 Å². The molecule has 1 fully saturated rings. The highest BCUT2D eigenvalue weighted by molar-refractivity contribution is 5.92. The second kappa shape index (κ2) is 11.3. The molecule has 0 atom stereocenters. The molecule has 1 aromatic heterocycles. The van der Waals surface area contributed by atoms with Crippen LogP contribution in [0.4, 0.5) is 0 Å². The molecular formula is C18H32N4O4. The van der Waals surface area contributed by atoms with Gasteiger partial charge in [0.15, 0.2) is 0 Å². The SMILES string of the molecule is COCCOCCOCc1ncc(C(=O)NC2CCN(C(C)C)CC2)[nH]1. The fraction of sp³-hybridized carbons (Fsp3) is 0.778. The van der Waals surface area contributed by atoms with Crippen molar-refractivity contribution >= 4 is 5.91 Å². The summed E-state index contributed by atoms with van der Waals surface area (Å²) in [5.74, 6) is 0.538. The molecule has 26 heavy (non-hydrogen) atoms. The summed E-state index contributed by atoms with van der Waals surface area (Å²) < 4.78 is 15.7. The monoisotopic (exact) mass is 368 g/mol. The van der Waals surface area contributed by atoms with Gasteiger partial charge in [-0.25, -0.2) is 4.98 Å². The van der Waals surface area contributed by atoms with Gasteiger partial charge in [0.2, 0.25) is 0 Å². The Morgan fingerprint density at radius 2 is 1.96 bits per heavy atom. The molecule has 1 aliphatic heterocycles. The van der Waals surface area contributed by atoms with Crippen molar-refractivity contribution in [3.63, 3.8) is 0 Å². The first-order valence-corrected chi connectivity index (χ1v) is 9.33. The van der Waals surface area contributed by atoms with Crippen LogP contribution in [0.3, 0.4) is 0 Å². The van der Waals surface area contributed by atoms with Gasteiger partial charge in [0.05, 0.1) is 32.6 Å². The van der Waals surface area contributed by atoms with E-state index in [0.29, 0.717) is 50.6 Å². The molecule has 0 saturated carbocycles. The van der Waals surface area contributed by atoms with Gasteiger partial charge in [-0.15, -0.1) is 0 Å². The fourth-order valence-electron chi connectivity index (χ4n) is 2.91. The Labute approximate surface area is 155 Å². The largest absolute Gasteiger partial charge is 0.382 e. The predicted octanol–water partition coefficient (Wildman–Crippen LogP) is 1.19. The van der Waals surface area contributed by atoms with E-state index in [9.17, 15) is 4.79 Å². The second-order valence-electron chi connectivity index (χ2n) is 6.78. The van der Waals surface area contributed by atoms with Gasteiger partial charge in [-0.05, 0) is 26.7 Å². The molecular weight excluding hydrogens is 336 g/mol. The van der Waals surface area contributed by atoms with Crippen molar-refractivity contribution < 1.29 is 19.0 Å². The number of amides is 1. The molecule has 2 rings (SSSR count). The number of likely N-dealkylation sites (tertiary alicyclic amines) is 1. The van der Waals surface area contributed by atoms with E-state index in [1.54, 1.807) is 13.3 Å². The molecule has 1 aliphatic rings. The summed E-state index contributed by atoms with van der Waals surface area (Å²) in [7, 11) is 1.64. The number of ether oxygens (including phenoxy) is 3. The van der Waals surface area contributed by atoms with Crippen LogP contribution in [-0.4, -0.2) is 79.5 Å². The maximum Gasteiger partial charge on any atom is 0.269 e. The summed E-state index contributed by atoms with van der Waals surface area (Å²) >= 11 is 0. The Balaban J connectivity index is 1.64.